The quantitative estimate of drug-likeness (QED) is 0.790. The number of halogens is 1. The molecule has 132 valence electrons. The van der Waals surface area contributed by atoms with Crippen molar-refractivity contribution in [3.8, 4) is 23.3 Å². The topological polar surface area (TPSA) is 110 Å². The van der Waals surface area contributed by atoms with E-state index in [0.717, 1.165) is 0 Å². The number of carbonyl (C=O) groups excluding carboxylic acids is 2. The third-order valence-corrected chi connectivity index (χ3v) is 3.65. The summed E-state index contributed by atoms with van der Waals surface area (Å²) >= 11 is 6.01. The molecule has 3 rings (SSSR count). The Labute approximate surface area is 153 Å². The lowest BCUT2D eigenvalue weighted by Crippen LogP contribution is -2.43. The fraction of sp³-hybridized carbons (Fsp3) is 0.118. The van der Waals surface area contributed by atoms with Crippen LogP contribution in [0.25, 0.3) is 0 Å². The highest BCUT2D eigenvalue weighted by Crippen LogP contribution is 2.39. The molecule has 9 heteroatoms. The molecule has 2 amide bonds. The molecule has 0 saturated carbocycles. The number of rotatable bonds is 4. The average Bonchev–Trinajstić information content (AvgIpc) is 3.13. The van der Waals surface area contributed by atoms with Crippen LogP contribution in [0, 0.1) is 11.3 Å². The predicted octanol–water partition coefficient (Wildman–Crippen LogP) is 1.78. The average molecular weight is 374 g/mol. The van der Waals surface area contributed by atoms with Crippen molar-refractivity contribution in [1.82, 2.24) is 10.9 Å². The summed E-state index contributed by atoms with van der Waals surface area (Å²) in [5.41, 5.74) is 4.95. The van der Waals surface area contributed by atoms with Crippen LogP contribution in [0.5, 0.6) is 17.2 Å². The number of benzene rings is 2. The van der Waals surface area contributed by atoms with Crippen molar-refractivity contribution in [2.24, 2.45) is 0 Å². The van der Waals surface area contributed by atoms with E-state index in [1.807, 2.05) is 6.07 Å². The van der Waals surface area contributed by atoms with Crippen molar-refractivity contribution in [3.63, 3.8) is 0 Å². The zero-order valence-electron chi connectivity index (χ0n) is 13.2. The predicted molar refractivity (Wildman–Crippen MR) is 89.8 cm³/mol. The Balaban J connectivity index is 1.54. The molecular formula is C17H12ClN3O5. The Morgan fingerprint density at radius 1 is 1.23 bits per heavy atom. The van der Waals surface area contributed by atoms with Gasteiger partial charge in [-0.1, -0.05) is 23.7 Å². The molecule has 26 heavy (non-hydrogen) atoms. The van der Waals surface area contributed by atoms with Crippen LogP contribution in [0.3, 0.4) is 0 Å². The first-order chi connectivity index (χ1) is 12.6. The third-order valence-electron chi connectivity index (χ3n) is 3.37. The normalized spacial score (nSPS) is 11.4. The smallest absolute Gasteiger partial charge is 0.276 e. The van der Waals surface area contributed by atoms with E-state index in [1.165, 1.54) is 12.1 Å². The highest BCUT2D eigenvalue weighted by atomic mass is 35.5. The standard InChI is InChI=1S/C17H12ClN3O5/c18-12-5-11(6-14-16(12)26-9-25-14)17(23)21-20-15(22)8-24-13-4-2-1-3-10(13)7-19/h1-6H,8-9H2,(H,20,22)(H,21,23). The SMILES string of the molecule is N#Cc1ccccc1OCC(=O)NNC(=O)c1cc(Cl)c2c(c1)OCO2. The molecule has 2 N–H and O–H groups in total. The first kappa shape index (κ1) is 17.4. The van der Waals surface area contributed by atoms with Gasteiger partial charge in [0.2, 0.25) is 6.79 Å². The lowest BCUT2D eigenvalue weighted by Gasteiger charge is -2.10. The van der Waals surface area contributed by atoms with Crippen LogP contribution >= 0.6 is 11.6 Å². The lowest BCUT2D eigenvalue weighted by molar-refractivity contribution is -0.123. The molecule has 2 aromatic carbocycles. The van der Waals surface area contributed by atoms with Crippen LogP contribution in [-0.2, 0) is 4.79 Å². The van der Waals surface area contributed by atoms with Gasteiger partial charge < -0.3 is 14.2 Å². The second-order valence-corrected chi connectivity index (χ2v) is 5.50. The van der Waals surface area contributed by atoms with Crippen LogP contribution in [0.4, 0.5) is 0 Å². The fourth-order valence-electron chi connectivity index (χ4n) is 2.16. The molecule has 0 atom stereocenters. The second kappa shape index (κ2) is 7.63. The molecule has 1 aliphatic rings. The first-order valence-corrected chi connectivity index (χ1v) is 7.76. The summed E-state index contributed by atoms with van der Waals surface area (Å²) in [6.45, 7) is -0.348. The minimum absolute atomic E-state index is 0.0262. The Kier molecular flexibility index (Phi) is 5.10. The van der Waals surface area contributed by atoms with Crippen molar-refractivity contribution in [1.29, 1.82) is 5.26 Å². The molecule has 0 saturated heterocycles. The summed E-state index contributed by atoms with van der Waals surface area (Å²) in [4.78, 5) is 23.9. The van der Waals surface area contributed by atoms with Crippen LogP contribution in [0.2, 0.25) is 5.02 Å². The number of nitrogens with zero attached hydrogens (tertiary/aromatic N) is 1. The number of ether oxygens (including phenoxy) is 3. The van der Waals surface area contributed by atoms with E-state index in [2.05, 4.69) is 10.9 Å². The molecule has 0 aromatic heterocycles. The van der Waals surface area contributed by atoms with Crippen LogP contribution in [0.15, 0.2) is 36.4 Å². The van der Waals surface area contributed by atoms with E-state index < -0.39 is 11.8 Å². The molecular weight excluding hydrogens is 362 g/mol. The van der Waals surface area contributed by atoms with Crippen molar-refractivity contribution in [3.05, 3.63) is 52.5 Å². The zero-order chi connectivity index (χ0) is 18.5. The van der Waals surface area contributed by atoms with Gasteiger partial charge >= 0.3 is 0 Å². The highest BCUT2D eigenvalue weighted by molar-refractivity contribution is 6.32. The van der Waals surface area contributed by atoms with Crippen molar-refractivity contribution in [2.45, 2.75) is 0 Å². The number of hydrogen-bond donors (Lipinski definition) is 2. The molecule has 2 aromatic rings. The molecule has 8 nitrogen and oxygen atoms in total. The number of nitrogens with one attached hydrogen (secondary N) is 2. The maximum Gasteiger partial charge on any atom is 0.276 e. The minimum atomic E-state index is -0.599. The van der Waals surface area contributed by atoms with E-state index in [0.29, 0.717) is 17.1 Å². The van der Waals surface area contributed by atoms with Gasteiger partial charge in [0.15, 0.2) is 18.1 Å². The summed E-state index contributed by atoms with van der Waals surface area (Å²) in [5.74, 6) is -0.185. The van der Waals surface area contributed by atoms with Crippen molar-refractivity contribution >= 4 is 23.4 Å². The van der Waals surface area contributed by atoms with Gasteiger partial charge in [-0.2, -0.15) is 5.26 Å². The van der Waals surface area contributed by atoms with Crippen molar-refractivity contribution in [2.75, 3.05) is 13.4 Å². The zero-order valence-corrected chi connectivity index (χ0v) is 14.0. The minimum Gasteiger partial charge on any atom is -0.482 e. The monoisotopic (exact) mass is 373 g/mol. The van der Waals surface area contributed by atoms with Gasteiger partial charge in [-0.25, -0.2) is 0 Å². The Hall–Kier alpha value is -3.44. The first-order valence-electron chi connectivity index (χ1n) is 7.38. The summed E-state index contributed by atoms with van der Waals surface area (Å²) in [7, 11) is 0. The van der Waals surface area contributed by atoms with Gasteiger partial charge in [-0.15, -0.1) is 0 Å². The molecule has 1 aliphatic heterocycles. The fourth-order valence-corrected chi connectivity index (χ4v) is 2.43. The van der Waals surface area contributed by atoms with Gasteiger partial charge in [-0.3, -0.25) is 20.4 Å². The largest absolute Gasteiger partial charge is 0.482 e. The number of fused-ring (bicyclic) bond motifs is 1. The number of hydrogen-bond acceptors (Lipinski definition) is 6. The van der Waals surface area contributed by atoms with Gasteiger partial charge in [0.25, 0.3) is 11.8 Å². The number of para-hydroxylation sites is 1. The van der Waals surface area contributed by atoms with Crippen LogP contribution < -0.4 is 25.1 Å². The van der Waals surface area contributed by atoms with Crippen LogP contribution in [-0.4, -0.2) is 25.2 Å². The third kappa shape index (κ3) is 3.79. The molecule has 0 aliphatic carbocycles. The highest BCUT2D eigenvalue weighted by Gasteiger charge is 2.21. The van der Waals surface area contributed by atoms with Gasteiger partial charge in [0.05, 0.1) is 10.6 Å². The van der Waals surface area contributed by atoms with Gasteiger partial charge in [0.1, 0.15) is 11.8 Å². The molecule has 0 bridgehead atoms. The Morgan fingerprint density at radius 3 is 2.85 bits per heavy atom. The Morgan fingerprint density at radius 2 is 2.04 bits per heavy atom. The summed E-state index contributed by atoms with van der Waals surface area (Å²) in [5, 5.41) is 9.19. The van der Waals surface area contributed by atoms with E-state index in [9.17, 15) is 9.59 Å². The van der Waals surface area contributed by atoms with Crippen molar-refractivity contribution < 1.29 is 23.8 Å². The van der Waals surface area contributed by atoms with Gasteiger partial charge in [0, 0.05) is 5.56 Å². The molecule has 0 radical (unpaired) electrons. The molecule has 0 unspecified atom stereocenters. The maximum absolute atomic E-state index is 12.1. The molecule has 1 heterocycles. The maximum atomic E-state index is 12.1. The van der Waals surface area contributed by atoms with E-state index >= 15 is 0 Å². The number of hydrazine groups is 1. The van der Waals surface area contributed by atoms with E-state index in [1.54, 1.807) is 24.3 Å². The van der Waals surface area contributed by atoms with E-state index in [-0.39, 0.29) is 29.7 Å². The summed E-state index contributed by atoms with van der Waals surface area (Å²) in [6, 6.07) is 11.3. The number of nitriles is 1. The van der Waals surface area contributed by atoms with Crippen LogP contribution in [0.1, 0.15) is 15.9 Å². The Bertz CT molecular complexity index is 910. The second-order valence-electron chi connectivity index (χ2n) is 5.09. The summed E-state index contributed by atoms with van der Waals surface area (Å²) < 4.78 is 15.6. The lowest BCUT2D eigenvalue weighted by atomic mass is 10.2. The summed E-state index contributed by atoms with van der Waals surface area (Å²) in [6.07, 6.45) is 0. The van der Waals surface area contributed by atoms with Gasteiger partial charge in [-0.05, 0) is 24.3 Å². The molecule has 0 fully saturated rings. The number of carbonyl (C=O) groups is 2. The number of amides is 2. The van der Waals surface area contributed by atoms with E-state index in [4.69, 9.17) is 31.1 Å². The molecule has 0 spiro atoms.